The number of ether oxygens (including phenoxy) is 2. The van der Waals surface area contributed by atoms with Gasteiger partial charge in [0.2, 0.25) is 0 Å². The Morgan fingerprint density at radius 1 is 1.14 bits per heavy atom. The summed E-state index contributed by atoms with van der Waals surface area (Å²) in [5, 5.41) is 6.37. The molecule has 3 aromatic rings. The summed E-state index contributed by atoms with van der Waals surface area (Å²) in [6, 6.07) is 16.1. The molecule has 1 atom stereocenters. The van der Waals surface area contributed by atoms with Crippen LogP contribution in [0.15, 0.2) is 48.5 Å². The zero-order chi connectivity index (χ0) is 24.9. The van der Waals surface area contributed by atoms with Crippen LogP contribution in [-0.2, 0) is 22.7 Å². The van der Waals surface area contributed by atoms with Crippen LogP contribution in [0.3, 0.4) is 0 Å². The molecule has 0 bridgehead atoms. The fourth-order valence-electron chi connectivity index (χ4n) is 4.25. The molecule has 36 heavy (non-hydrogen) atoms. The normalized spacial score (nSPS) is 15.9. The van der Waals surface area contributed by atoms with Gasteiger partial charge in [-0.15, -0.1) is 0 Å². The molecule has 0 radical (unpaired) electrons. The van der Waals surface area contributed by atoms with Crippen molar-refractivity contribution in [2.45, 2.75) is 45.4 Å². The van der Waals surface area contributed by atoms with Crippen molar-refractivity contribution < 1.29 is 14.3 Å². The highest BCUT2D eigenvalue weighted by Gasteiger charge is 2.22. The Hall–Kier alpha value is -3.53. The lowest BCUT2D eigenvalue weighted by atomic mass is 10.0. The van der Waals surface area contributed by atoms with E-state index >= 15 is 0 Å². The molecule has 9 heteroatoms. The number of carbonyl (C=O) groups excluding carboxylic acids is 1. The number of rotatable bonds is 9. The molecule has 1 saturated heterocycles. The summed E-state index contributed by atoms with van der Waals surface area (Å²) in [6.45, 7) is 6.74. The molecule has 5 rings (SSSR count). The topological polar surface area (TPSA) is 109 Å². The Bertz CT molecular complexity index is 1210. The van der Waals surface area contributed by atoms with Crippen molar-refractivity contribution in [1.82, 2.24) is 26.1 Å². The SMILES string of the molecule is CCC(C)NC(=O)COc1cccc(-c2nc3c(c(Nc4ccc(C5CNNC5)cc4)n2)COC3)c1. The van der Waals surface area contributed by atoms with Crippen molar-refractivity contribution in [3.8, 4) is 17.1 Å². The third-order valence-electron chi connectivity index (χ3n) is 6.53. The number of nitrogens with zero attached hydrogens (tertiary/aromatic N) is 2. The van der Waals surface area contributed by atoms with E-state index < -0.39 is 0 Å². The van der Waals surface area contributed by atoms with Gasteiger partial charge < -0.3 is 20.1 Å². The Morgan fingerprint density at radius 3 is 2.72 bits per heavy atom. The molecule has 188 valence electrons. The van der Waals surface area contributed by atoms with Gasteiger partial charge in [-0.1, -0.05) is 31.2 Å². The molecule has 2 aromatic carbocycles. The Balaban J connectivity index is 1.33. The predicted molar refractivity (Wildman–Crippen MR) is 138 cm³/mol. The maximum absolute atomic E-state index is 12.1. The number of amides is 1. The largest absolute Gasteiger partial charge is 0.484 e. The minimum Gasteiger partial charge on any atom is -0.484 e. The zero-order valence-corrected chi connectivity index (χ0v) is 20.6. The molecule has 3 heterocycles. The van der Waals surface area contributed by atoms with E-state index in [0.717, 1.165) is 47.8 Å². The van der Waals surface area contributed by atoms with E-state index in [-0.39, 0.29) is 18.6 Å². The van der Waals surface area contributed by atoms with E-state index in [1.54, 1.807) is 0 Å². The van der Waals surface area contributed by atoms with Crippen LogP contribution in [0.2, 0.25) is 0 Å². The number of fused-ring (bicyclic) bond motifs is 1. The number of nitrogens with one attached hydrogen (secondary N) is 4. The van der Waals surface area contributed by atoms with E-state index in [4.69, 9.17) is 19.4 Å². The average molecular weight is 489 g/mol. The summed E-state index contributed by atoms with van der Waals surface area (Å²) in [6.07, 6.45) is 0.872. The van der Waals surface area contributed by atoms with Gasteiger partial charge in [0, 0.05) is 41.9 Å². The number of hydrogen-bond donors (Lipinski definition) is 4. The molecule has 1 amide bonds. The van der Waals surface area contributed by atoms with Crippen molar-refractivity contribution in [2.24, 2.45) is 0 Å². The second-order valence-electron chi connectivity index (χ2n) is 9.21. The first-order valence-electron chi connectivity index (χ1n) is 12.4. The molecule has 2 aliphatic heterocycles. The summed E-state index contributed by atoms with van der Waals surface area (Å²) in [5.41, 5.74) is 11.3. The van der Waals surface area contributed by atoms with E-state index in [1.807, 2.05) is 38.1 Å². The Kier molecular flexibility index (Phi) is 7.41. The van der Waals surface area contributed by atoms with Crippen LogP contribution in [-0.4, -0.2) is 41.6 Å². The maximum Gasteiger partial charge on any atom is 0.258 e. The molecule has 1 fully saturated rings. The first-order chi connectivity index (χ1) is 17.6. The number of carbonyl (C=O) groups is 1. The van der Waals surface area contributed by atoms with Crippen molar-refractivity contribution in [2.75, 3.05) is 25.0 Å². The Labute approximate surface area is 211 Å². The standard InChI is InChI=1S/C27H32N6O3/c1-3-17(2)30-25(34)16-36-22-6-4-5-19(11-22)26-32-24-15-35-14-23(24)27(33-26)31-21-9-7-18(8-10-21)20-12-28-29-13-20/h4-11,17,20,28-29H,3,12-16H2,1-2H3,(H,30,34)(H,31,32,33). The van der Waals surface area contributed by atoms with Gasteiger partial charge in [0.15, 0.2) is 12.4 Å². The van der Waals surface area contributed by atoms with Crippen LogP contribution in [0.4, 0.5) is 11.5 Å². The lowest BCUT2D eigenvalue weighted by molar-refractivity contribution is -0.123. The molecule has 0 spiro atoms. The molecule has 0 saturated carbocycles. The molecule has 2 aliphatic rings. The summed E-state index contributed by atoms with van der Waals surface area (Å²) < 4.78 is 11.4. The molecule has 1 aromatic heterocycles. The minimum absolute atomic E-state index is 0.0392. The van der Waals surface area contributed by atoms with E-state index in [2.05, 4.69) is 45.8 Å². The van der Waals surface area contributed by atoms with Crippen LogP contribution in [0.25, 0.3) is 11.4 Å². The van der Waals surface area contributed by atoms with Crippen molar-refractivity contribution >= 4 is 17.4 Å². The highest BCUT2D eigenvalue weighted by Crippen LogP contribution is 2.31. The molecule has 9 nitrogen and oxygen atoms in total. The van der Waals surface area contributed by atoms with Gasteiger partial charge in [-0.3, -0.25) is 15.6 Å². The Morgan fingerprint density at radius 2 is 1.94 bits per heavy atom. The monoisotopic (exact) mass is 488 g/mol. The molecule has 0 aliphatic carbocycles. The van der Waals surface area contributed by atoms with Gasteiger partial charge in [0.1, 0.15) is 11.6 Å². The van der Waals surface area contributed by atoms with Crippen LogP contribution in [0.1, 0.15) is 43.0 Å². The van der Waals surface area contributed by atoms with Crippen LogP contribution in [0.5, 0.6) is 5.75 Å². The first-order valence-corrected chi connectivity index (χ1v) is 12.4. The van der Waals surface area contributed by atoms with E-state index in [1.165, 1.54) is 5.56 Å². The number of hydrazine groups is 1. The number of anilines is 2. The third-order valence-corrected chi connectivity index (χ3v) is 6.53. The van der Waals surface area contributed by atoms with E-state index in [9.17, 15) is 4.79 Å². The zero-order valence-electron chi connectivity index (χ0n) is 20.6. The van der Waals surface area contributed by atoms with Crippen LogP contribution in [0, 0.1) is 0 Å². The van der Waals surface area contributed by atoms with Crippen LogP contribution < -0.4 is 26.2 Å². The van der Waals surface area contributed by atoms with Gasteiger partial charge in [-0.2, -0.15) is 0 Å². The van der Waals surface area contributed by atoms with Gasteiger partial charge in [-0.25, -0.2) is 9.97 Å². The quantitative estimate of drug-likeness (QED) is 0.363. The molecular formula is C27H32N6O3. The van der Waals surface area contributed by atoms with Crippen molar-refractivity contribution in [3.05, 3.63) is 65.4 Å². The lowest BCUT2D eigenvalue weighted by Crippen LogP contribution is -2.35. The summed E-state index contributed by atoms with van der Waals surface area (Å²) in [4.78, 5) is 21.7. The number of aromatic nitrogens is 2. The maximum atomic E-state index is 12.1. The predicted octanol–water partition coefficient (Wildman–Crippen LogP) is 3.40. The second kappa shape index (κ2) is 11.0. The molecule has 1 unspecified atom stereocenters. The molecule has 4 N–H and O–H groups in total. The fourth-order valence-corrected chi connectivity index (χ4v) is 4.25. The highest BCUT2D eigenvalue weighted by molar-refractivity contribution is 5.77. The van der Waals surface area contributed by atoms with Crippen LogP contribution >= 0.6 is 0 Å². The summed E-state index contributed by atoms with van der Waals surface area (Å²) in [7, 11) is 0. The van der Waals surface area contributed by atoms with Gasteiger partial charge in [0.05, 0.1) is 18.9 Å². The fraction of sp³-hybridized carbons (Fsp3) is 0.370. The first kappa shape index (κ1) is 24.2. The third kappa shape index (κ3) is 5.64. The average Bonchev–Trinajstić information content (AvgIpc) is 3.61. The van der Waals surface area contributed by atoms with Gasteiger partial charge in [0.25, 0.3) is 5.91 Å². The van der Waals surface area contributed by atoms with Crippen molar-refractivity contribution in [3.63, 3.8) is 0 Å². The lowest BCUT2D eigenvalue weighted by Gasteiger charge is -2.14. The summed E-state index contributed by atoms with van der Waals surface area (Å²) in [5.74, 6) is 2.24. The minimum atomic E-state index is -0.140. The summed E-state index contributed by atoms with van der Waals surface area (Å²) >= 11 is 0. The highest BCUT2D eigenvalue weighted by atomic mass is 16.5. The molecular weight excluding hydrogens is 456 g/mol. The van der Waals surface area contributed by atoms with E-state index in [0.29, 0.717) is 30.7 Å². The van der Waals surface area contributed by atoms with Gasteiger partial charge in [-0.05, 0) is 43.2 Å². The second-order valence-corrected chi connectivity index (χ2v) is 9.21. The van der Waals surface area contributed by atoms with Gasteiger partial charge >= 0.3 is 0 Å². The number of hydrogen-bond acceptors (Lipinski definition) is 8. The smallest absolute Gasteiger partial charge is 0.258 e. The number of benzene rings is 2. The van der Waals surface area contributed by atoms with Crippen molar-refractivity contribution in [1.29, 1.82) is 0 Å².